The largest absolute Gasteiger partial charge is 0.352 e. The van der Waals surface area contributed by atoms with Crippen LogP contribution in [-0.2, 0) is 22.6 Å². The second-order valence-electron chi connectivity index (χ2n) is 7.60. The summed E-state index contributed by atoms with van der Waals surface area (Å²) in [5.41, 5.74) is 1.72. The minimum absolute atomic E-state index is 0.0339. The number of nitrogens with zero attached hydrogens (tertiary/aromatic N) is 1. The molecule has 2 aromatic carbocycles. The Morgan fingerprint density at radius 1 is 0.968 bits per heavy atom. The number of aryl methyl sites for hydroxylation is 1. The fraction of sp³-hybridized carbons (Fsp3) is 0.417. The molecule has 0 aliphatic carbocycles. The molecular formula is C24H29Cl3N2O2. The van der Waals surface area contributed by atoms with Gasteiger partial charge in [-0.2, -0.15) is 0 Å². The Labute approximate surface area is 199 Å². The minimum Gasteiger partial charge on any atom is -0.352 e. The SMILES string of the molecule is CCC(C)NC(=O)C(CC)N(Cc1ccc(Cl)c(Cl)c1)C(=O)CCc1ccccc1Cl. The van der Waals surface area contributed by atoms with Crippen LogP contribution in [0.15, 0.2) is 42.5 Å². The molecule has 0 radical (unpaired) electrons. The van der Waals surface area contributed by atoms with Crippen molar-refractivity contribution in [2.24, 2.45) is 0 Å². The molecule has 2 rings (SSSR count). The zero-order valence-corrected chi connectivity index (χ0v) is 20.4. The molecule has 0 saturated heterocycles. The molecule has 0 bridgehead atoms. The molecule has 0 saturated carbocycles. The van der Waals surface area contributed by atoms with Gasteiger partial charge in [-0.1, -0.05) is 72.9 Å². The fourth-order valence-corrected chi connectivity index (χ4v) is 3.83. The van der Waals surface area contributed by atoms with E-state index in [1.165, 1.54) is 0 Å². The first-order valence-corrected chi connectivity index (χ1v) is 11.7. The van der Waals surface area contributed by atoms with Crippen molar-refractivity contribution in [1.82, 2.24) is 10.2 Å². The molecule has 2 atom stereocenters. The van der Waals surface area contributed by atoms with Gasteiger partial charge in [0.25, 0.3) is 0 Å². The molecule has 31 heavy (non-hydrogen) atoms. The maximum absolute atomic E-state index is 13.3. The van der Waals surface area contributed by atoms with Gasteiger partial charge in [0, 0.05) is 24.0 Å². The van der Waals surface area contributed by atoms with Crippen LogP contribution in [0.1, 0.15) is 51.2 Å². The van der Waals surface area contributed by atoms with Crippen LogP contribution in [0.4, 0.5) is 0 Å². The van der Waals surface area contributed by atoms with Gasteiger partial charge in [-0.3, -0.25) is 9.59 Å². The number of hydrogen-bond donors (Lipinski definition) is 1. The Morgan fingerprint density at radius 2 is 1.68 bits per heavy atom. The van der Waals surface area contributed by atoms with Crippen molar-refractivity contribution in [3.63, 3.8) is 0 Å². The molecule has 0 fully saturated rings. The van der Waals surface area contributed by atoms with Crippen LogP contribution in [0.5, 0.6) is 0 Å². The van der Waals surface area contributed by atoms with Gasteiger partial charge in [0.2, 0.25) is 11.8 Å². The summed E-state index contributed by atoms with van der Waals surface area (Å²) in [6.45, 7) is 6.13. The molecule has 1 N–H and O–H groups in total. The summed E-state index contributed by atoms with van der Waals surface area (Å²) in [5.74, 6) is -0.264. The zero-order chi connectivity index (χ0) is 23.0. The average molecular weight is 484 g/mol. The van der Waals surface area contributed by atoms with Gasteiger partial charge in [-0.15, -0.1) is 0 Å². The monoisotopic (exact) mass is 482 g/mol. The summed E-state index contributed by atoms with van der Waals surface area (Å²) in [7, 11) is 0. The number of benzene rings is 2. The van der Waals surface area contributed by atoms with Crippen molar-refractivity contribution >= 4 is 46.6 Å². The molecule has 168 valence electrons. The molecule has 0 aliphatic heterocycles. The lowest BCUT2D eigenvalue weighted by Crippen LogP contribution is -2.50. The van der Waals surface area contributed by atoms with Crippen LogP contribution < -0.4 is 5.32 Å². The van der Waals surface area contributed by atoms with Crippen LogP contribution in [0.25, 0.3) is 0 Å². The van der Waals surface area contributed by atoms with Gasteiger partial charge >= 0.3 is 0 Å². The topological polar surface area (TPSA) is 49.4 Å². The first kappa shape index (κ1) is 25.5. The van der Waals surface area contributed by atoms with Crippen LogP contribution in [0, 0.1) is 0 Å². The van der Waals surface area contributed by atoms with E-state index in [0.717, 1.165) is 17.5 Å². The van der Waals surface area contributed by atoms with Crippen LogP contribution in [0.2, 0.25) is 15.1 Å². The van der Waals surface area contributed by atoms with E-state index in [1.54, 1.807) is 17.0 Å². The predicted octanol–water partition coefficient (Wildman–Crippen LogP) is 6.30. The second kappa shape index (κ2) is 12.3. The average Bonchev–Trinajstić information content (AvgIpc) is 2.75. The van der Waals surface area contributed by atoms with E-state index >= 15 is 0 Å². The first-order chi connectivity index (χ1) is 14.8. The van der Waals surface area contributed by atoms with Crippen molar-refractivity contribution in [1.29, 1.82) is 0 Å². The van der Waals surface area contributed by atoms with Crippen molar-refractivity contribution in [2.75, 3.05) is 0 Å². The summed E-state index contributed by atoms with van der Waals surface area (Å²) in [4.78, 5) is 27.9. The summed E-state index contributed by atoms with van der Waals surface area (Å²) < 4.78 is 0. The van der Waals surface area contributed by atoms with E-state index in [9.17, 15) is 9.59 Å². The maximum Gasteiger partial charge on any atom is 0.243 e. The van der Waals surface area contributed by atoms with E-state index < -0.39 is 6.04 Å². The highest BCUT2D eigenvalue weighted by Gasteiger charge is 2.29. The quantitative estimate of drug-likeness (QED) is 0.431. The summed E-state index contributed by atoms with van der Waals surface area (Å²) in [6, 6.07) is 12.2. The Hall–Kier alpha value is -1.75. The molecule has 4 nitrogen and oxygen atoms in total. The molecule has 2 unspecified atom stereocenters. The number of hydrogen-bond acceptors (Lipinski definition) is 2. The number of amides is 2. The van der Waals surface area contributed by atoms with Gasteiger partial charge in [0.15, 0.2) is 0 Å². The molecule has 2 amide bonds. The second-order valence-corrected chi connectivity index (χ2v) is 8.83. The van der Waals surface area contributed by atoms with Crippen LogP contribution in [0.3, 0.4) is 0 Å². The molecule has 7 heteroatoms. The summed E-state index contributed by atoms with van der Waals surface area (Å²) in [5, 5.41) is 4.50. The van der Waals surface area contributed by atoms with Gasteiger partial charge in [0.05, 0.1) is 10.0 Å². The standard InChI is InChI=1S/C24H29Cl3N2O2/c1-4-16(3)28-24(31)22(5-2)29(15-17-10-12-20(26)21(27)14-17)23(30)13-11-18-8-6-7-9-19(18)25/h6-10,12,14,16,22H,4-5,11,13,15H2,1-3H3,(H,28,31). The number of halogens is 3. The van der Waals surface area contributed by atoms with E-state index in [1.807, 2.05) is 51.1 Å². The lowest BCUT2D eigenvalue weighted by molar-refractivity contribution is -0.141. The van der Waals surface area contributed by atoms with E-state index in [4.69, 9.17) is 34.8 Å². The first-order valence-electron chi connectivity index (χ1n) is 10.5. The van der Waals surface area contributed by atoms with Gasteiger partial charge in [-0.05, 0) is 55.5 Å². The molecule has 0 heterocycles. The molecule has 0 aromatic heterocycles. The summed E-state index contributed by atoms with van der Waals surface area (Å²) in [6.07, 6.45) is 2.06. The highest BCUT2D eigenvalue weighted by molar-refractivity contribution is 6.42. The lowest BCUT2D eigenvalue weighted by Gasteiger charge is -2.31. The van der Waals surface area contributed by atoms with Crippen molar-refractivity contribution < 1.29 is 9.59 Å². The van der Waals surface area contributed by atoms with Crippen molar-refractivity contribution in [3.8, 4) is 0 Å². The third-order valence-electron chi connectivity index (χ3n) is 5.29. The Bertz CT molecular complexity index is 904. The third kappa shape index (κ3) is 7.41. The van der Waals surface area contributed by atoms with E-state index in [-0.39, 0.29) is 30.8 Å². The Balaban J connectivity index is 2.26. The van der Waals surface area contributed by atoms with Gasteiger partial charge in [0.1, 0.15) is 6.04 Å². The number of rotatable bonds is 10. The lowest BCUT2D eigenvalue weighted by atomic mass is 10.1. The van der Waals surface area contributed by atoms with Crippen molar-refractivity contribution in [3.05, 3.63) is 68.7 Å². The summed E-state index contributed by atoms with van der Waals surface area (Å²) >= 11 is 18.5. The fourth-order valence-electron chi connectivity index (χ4n) is 3.28. The zero-order valence-electron chi connectivity index (χ0n) is 18.1. The van der Waals surface area contributed by atoms with Gasteiger partial charge in [-0.25, -0.2) is 0 Å². The molecular weight excluding hydrogens is 455 g/mol. The Morgan fingerprint density at radius 3 is 2.29 bits per heavy atom. The van der Waals surface area contributed by atoms with E-state index in [2.05, 4.69) is 5.32 Å². The highest BCUT2D eigenvalue weighted by Crippen LogP contribution is 2.25. The highest BCUT2D eigenvalue weighted by atomic mass is 35.5. The predicted molar refractivity (Wildman–Crippen MR) is 129 cm³/mol. The van der Waals surface area contributed by atoms with Crippen LogP contribution >= 0.6 is 34.8 Å². The molecule has 0 spiro atoms. The van der Waals surface area contributed by atoms with Crippen molar-refractivity contribution in [2.45, 2.75) is 65.1 Å². The number of nitrogens with one attached hydrogen (secondary N) is 1. The smallest absolute Gasteiger partial charge is 0.243 e. The Kier molecular flexibility index (Phi) is 10.1. The third-order valence-corrected chi connectivity index (χ3v) is 6.40. The molecule has 2 aromatic rings. The maximum atomic E-state index is 13.3. The number of carbonyl (C=O) groups is 2. The molecule has 0 aliphatic rings. The normalized spacial score (nSPS) is 12.8. The van der Waals surface area contributed by atoms with Crippen LogP contribution in [-0.4, -0.2) is 28.8 Å². The van der Waals surface area contributed by atoms with Gasteiger partial charge < -0.3 is 10.2 Å². The minimum atomic E-state index is -0.581. The van der Waals surface area contributed by atoms with E-state index in [0.29, 0.717) is 27.9 Å². The number of carbonyl (C=O) groups excluding carboxylic acids is 2.